The van der Waals surface area contributed by atoms with Crippen LogP contribution < -0.4 is 9.80 Å². The summed E-state index contributed by atoms with van der Waals surface area (Å²) >= 11 is 1.85. The Morgan fingerprint density at radius 3 is 1.63 bits per heavy atom. The van der Waals surface area contributed by atoms with E-state index in [4.69, 9.17) is 4.42 Å². The molecule has 0 saturated heterocycles. The number of thiophene rings is 1. The second-order valence-electron chi connectivity index (χ2n) is 13.8. The number of para-hydroxylation sites is 3. The van der Waals surface area contributed by atoms with E-state index in [0.717, 1.165) is 61.4 Å². The molecule has 0 amide bonds. The molecule has 11 aromatic rings. The lowest BCUT2D eigenvalue weighted by Gasteiger charge is -2.29. The van der Waals surface area contributed by atoms with Gasteiger partial charge >= 0.3 is 0 Å². The summed E-state index contributed by atoms with van der Waals surface area (Å²) in [6.45, 7) is 0. The van der Waals surface area contributed by atoms with E-state index < -0.39 is 0 Å². The second-order valence-corrected chi connectivity index (χ2v) is 14.9. The molecule has 3 nitrogen and oxygen atoms in total. The van der Waals surface area contributed by atoms with Crippen LogP contribution in [0.5, 0.6) is 0 Å². The van der Waals surface area contributed by atoms with Gasteiger partial charge in [0.05, 0.1) is 0 Å². The van der Waals surface area contributed by atoms with Gasteiger partial charge < -0.3 is 14.2 Å². The molecule has 2 heterocycles. The Kier molecular flexibility index (Phi) is 7.04. The molecule has 0 atom stereocenters. The summed E-state index contributed by atoms with van der Waals surface area (Å²) in [4.78, 5) is 4.73. The number of hydrogen-bond acceptors (Lipinski definition) is 4. The van der Waals surface area contributed by atoms with Crippen molar-refractivity contribution in [3.63, 3.8) is 0 Å². The minimum atomic E-state index is 0.913. The molecule has 0 aliphatic rings. The standard InChI is InChI=1S/C50H32N2OS/c1-3-12-35(13-4-1)51(39-25-24-33-22-23-34-28-48-46(32-45(34)44(33)30-39)41-18-7-9-20-47(41)53-48)37-16-11-17-38(29-37)52(36-14-5-2-6-15-36)40-26-27-43-42-19-8-10-21-49(42)54-50(43)31-40/h1-32H. The summed E-state index contributed by atoms with van der Waals surface area (Å²) in [5.41, 5.74) is 8.40. The summed E-state index contributed by atoms with van der Waals surface area (Å²) in [7, 11) is 0. The highest BCUT2D eigenvalue weighted by Crippen LogP contribution is 2.44. The van der Waals surface area contributed by atoms with Gasteiger partial charge in [-0.3, -0.25) is 0 Å². The first-order chi connectivity index (χ1) is 26.7. The Balaban J connectivity index is 1.09. The maximum absolute atomic E-state index is 6.27. The van der Waals surface area contributed by atoms with E-state index in [-0.39, 0.29) is 0 Å². The molecule has 9 aromatic carbocycles. The number of fused-ring (bicyclic) bond motifs is 9. The SMILES string of the molecule is c1ccc(N(c2cccc(N(c3ccccc3)c3ccc4ccc5cc6oc7ccccc7c6cc5c4c3)c2)c2ccc3c(c2)sc2ccccc23)cc1. The lowest BCUT2D eigenvalue weighted by atomic mass is 9.99. The Hall–Kier alpha value is -6.88. The number of hydrogen-bond donors (Lipinski definition) is 0. The predicted octanol–water partition coefficient (Wildman–Crippen LogP) is 15.2. The van der Waals surface area contributed by atoms with Crippen LogP contribution in [0.3, 0.4) is 0 Å². The molecule has 254 valence electrons. The molecular formula is C50H32N2OS. The Morgan fingerprint density at radius 1 is 0.296 bits per heavy atom. The van der Waals surface area contributed by atoms with Crippen molar-refractivity contribution in [3.8, 4) is 0 Å². The van der Waals surface area contributed by atoms with Crippen LogP contribution in [0.15, 0.2) is 199 Å². The zero-order valence-electron chi connectivity index (χ0n) is 29.2. The summed E-state index contributed by atoms with van der Waals surface area (Å²) in [6, 6.07) is 69.8. The van der Waals surface area contributed by atoms with E-state index in [0.29, 0.717) is 0 Å². The predicted molar refractivity (Wildman–Crippen MR) is 231 cm³/mol. The van der Waals surface area contributed by atoms with Crippen molar-refractivity contribution < 1.29 is 4.42 Å². The van der Waals surface area contributed by atoms with Gasteiger partial charge in [0.1, 0.15) is 11.2 Å². The number of nitrogens with zero attached hydrogens (tertiary/aromatic N) is 2. The van der Waals surface area contributed by atoms with Gasteiger partial charge in [-0.2, -0.15) is 0 Å². The molecular weight excluding hydrogens is 677 g/mol. The molecule has 4 heteroatoms. The molecule has 0 N–H and O–H groups in total. The van der Waals surface area contributed by atoms with Crippen molar-refractivity contribution in [2.75, 3.05) is 9.80 Å². The van der Waals surface area contributed by atoms with Crippen LogP contribution in [0, 0.1) is 0 Å². The van der Waals surface area contributed by atoms with Crippen molar-refractivity contribution in [1.82, 2.24) is 0 Å². The van der Waals surface area contributed by atoms with Gasteiger partial charge in [0.15, 0.2) is 0 Å². The van der Waals surface area contributed by atoms with E-state index in [1.165, 1.54) is 36.3 Å². The van der Waals surface area contributed by atoms with Crippen LogP contribution in [-0.4, -0.2) is 0 Å². The molecule has 0 aliphatic carbocycles. The first kappa shape index (κ1) is 30.7. The van der Waals surface area contributed by atoms with Crippen LogP contribution in [0.2, 0.25) is 0 Å². The first-order valence-corrected chi connectivity index (χ1v) is 19.1. The second kappa shape index (κ2) is 12.4. The Morgan fingerprint density at radius 2 is 0.852 bits per heavy atom. The topological polar surface area (TPSA) is 19.6 Å². The van der Waals surface area contributed by atoms with E-state index >= 15 is 0 Å². The third kappa shape index (κ3) is 5.03. The molecule has 0 radical (unpaired) electrons. The van der Waals surface area contributed by atoms with Crippen molar-refractivity contribution in [2.24, 2.45) is 0 Å². The smallest absolute Gasteiger partial charge is 0.136 e. The van der Waals surface area contributed by atoms with Gasteiger partial charge in [0, 0.05) is 65.1 Å². The largest absolute Gasteiger partial charge is 0.456 e. The highest BCUT2D eigenvalue weighted by atomic mass is 32.1. The number of furan rings is 1. The van der Waals surface area contributed by atoms with E-state index in [9.17, 15) is 0 Å². The van der Waals surface area contributed by atoms with Crippen molar-refractivity contribution in [1.29, 1.82) is 0 Å². The van der Waals surface area contributed by atoms with Crippen LogP contribution >= 0.6 is 11.3 Å². The fraction of sp³-hybridized carbons (Fsp3) is 0. The average molecular weight is 709 g/mol. The lowest BCUT2D eigenvalue weighted by Crippen LogP contribution is -2.13. The van der Waals surface area contributed by atoms with Gasteiger partial charge in [-0.15, -0.1) is 11.3 Å². The quantitative estimate of drug-likeness (QED) is 0.160. The number of anilines is 6. The molecule has 2 aromatic heterocycles. The molecule has 11 rings (SSSR count). The zero-order valence-corrected chi connectivity index (χ0v) is 30.0. The van der Waals surface area contributed by atoms with Gasteiger partial charge in [0.2, 0.25) is 0 Å². The summed E-state index contributed by atoms with van der Waals surface area (Å²) in [5, 5.41) is 9.65. The minimum Gasteiger partial charge on any atom is -0.456 e. The first-order valence-electron chi connectivity index (χ1n) is 18.2. The molecule has 0 fully saturated rings. The monoisotopic (exact) mass is 708 g/mol. The Bertz CT molecular complexity index is 3180. The molecule has 0 unspecified atom stereocenters. The maximum Gasteiger partial charge on any atom is 0.136 e. The van der Waals surface area contributed by atoms with Crippen LogP contribution in [0.25, 0.3) is 63.7 Å². The molecule has 54 heavy (non-hydrogen) atoms. The van der Waals surface area contributed by atoms with Gasteiger partial charge in [-0.1, -0.05) is 103 Å². The zero-order chi connectivity index (χ0) is 35.6. The summed E-state index contributed by atoms with van der Waals surface area (Å²) < 4.78 is 8.85. The van der Waals surface area contributed by atoms with Crippen LogP contribution in [0.4, 0.5) is 34.1 Å². The van der Waals surface area contributed by atoms with Crippen LogP contribution in [-0.2, 0) is 0 Å². The number of rotatable bonds is 6. The van der Waals surface area contributed by atoms with Crippen LogP contribution in [0.1, 0.15) is 0 Å². The molecule has 0 saturated carbocycles. The summed E-state index contributed by atoms with van der Waals surface area (Å²) in [6.07, 6.45) is 0. The van der Waals surface area contributed by atoms with Gasteiger partial charge in [0.25, 0.3) is 0 Å². The molecule has 0 aliphatic heterocycles. The number of benzene rings is 9. The van der Waals surface area contributed by atoms with Gasteiger partial charge in [-0.05, 0) is 113 Å². The van der Waals surface area contributed by atoms with E-state index in [2.05, 4.69) is 192 Å². The highest BCUT2D eigenvalue weighted by molar-refractivity contribution is 7.25. The van der Waals surface area contributed by atoms with E-state index in [1.54, 1.807) is 0 Å². The third-order valence-electron chi connectivity index (χ3n) is 10.6. The maximum atomic E-state index is 6.27. The lowest BCUT2D eigenvalue weighted by molar-refractivity contribution is 0.669. The van der Waals surface area contributed by atoms with Crippen molar-refractivity contribution >= 4 is 109 Å². The van der Waals surface area contributed by atoms with Gasteiger partial charge in [-0.25, -0.2) is 0 Å². The highest BCUT2D eigenvalue weighted by Gasteiger charge is 2.19. The summed E-state index contributed by atoms with van der Waals surface area (Å²) in [5.74, 6) is 0. The van der Waals surface area contributed by atoms with Crippen molar-refractivity contribution in [2.45, 2.75) is 0 Å². The third-order valence-corrected chi connectivity index (χ3v) is 11.7. The fourth-order valence-corrected chi connectivity index (χ4v) is 9.21. The average Bonchev–Trinajstić information content (AvgIpc) is 3.79. The van der Waals surface area contributed by atoms with E-state index in [1.807, 2.05) is 23.5 Å². The molecule has 0 bridgehead atoms. The van der Waals surface area contributed by atoms with Crippen molar-refractivity contribution in [3.05, 3.63) is 194 Å². The normalized spacial score (nSPS) is 11.7. The molecule has 0 spiro atoms. The minimum absolute atomic E-state index is 0.913. The fourth-order valence-electron chi connectivity index (χ4n) is 8.07. The Labute approximate surface area is 316 Å².